The number of fused-ring (bicyclic) bond motifs is 1. The van der Waals surface area contributed by atoms with Crippen LogP contribution in [0.5, 0.6) is 11.5 Å². The van der Waals surface area contributed by atoms with Gasteiger partial charge in [0.2, 0.25) is 0 Å². The number of nitrogens with one attached hydrogen (secondary N) is 1. The van der Waals surface area contributed by atoms with E-state index in [0.29, 0.717) is 36.8 Å². The molecule has 1 N–H and O–H groups in total. The van der Waals surface area contributed by atoms with Crippen molar-refractivity contribution < 1.29 is 14.3 Å². The van der Waals surface area contributed by atoms with Crippen LogP contribution >= 0.6 is 0 Å². The quantitative estimate of drug-likeness (QED) is 0.827. The number of amides is 1. The van der Waals surface area contributed by atoms with Crippen LogP contribution in [-0.2, 0) is 6.54 Å². The molecule has 8 nitrogen and oxygen atoms in total. The summed E-state index contributed by atoms with van der Waals surface area (Å²) in [4.78, 5) is 26.0. The van der Waals surface area contributed by atoms with E-state index in [2.05, 4.69) is 5.32 Å². The molecule has 154 valence electrons. The van der Waals surface area contributed by atoms with E-state index in [0.717, 1.165) is 36.7 Å². The Morgan fingerprint density at radius 1 is 1.14 bits per heavy atom. The number of carbonyl (C=O) groups is 1. The van der Waals surface area contributed by atoms with Crippen LogP contribution in [0.25, 0.3) is 0 Å². The van der Waals surface area contributed by atoms with Crippen LogP contribution in [0.2, 0.25) is 0 Å². The summed E-state index contributed by atoms with van der Waals surface area (Å²) >= 11 is 0. The number of ether oxygens (including phenoxy) is 2. The van der Waals surface area contributed by atoms with Crippen molar-refractivity contribution in [1.29, 1.82) is 0 Å². The van der Waals surface area contributed by atoms with Gasteiger partial charge in [-0.15, -0.1) is 0 Å². The van der Waals surface area contributed by atoms with E-state index in [4.69, 9.17) is 19.4 Å². The summed E-state index contributed by atoms with van der Waals surface area (Å²) in [6.07, 6.45) is 2.15. The Morgan fingerprint density at radius 2 is 1.93 bits per heavy atom. The Hall–Kier alpha value is -2.87. The third-order valence-corrected chi connectivity index (χ3v) is 5.15. The molecule has 1 atom stereocenters. The number of rotatable bonds is 5. The monoisotopic (exact) mass is 397 g/mol. The first kappa shape index (κ1) is 19.4. The zero-order valence-corrected chi connectivity index (χ0v) is 17.1. The molecular weight excluding hydrogens is 370 g/mol. The fraction of sp³-hybridized carbons (Fsp3) is 0.476. The summed E-state index contributed by atoms with van der Waals surface area (Å²) < 4.78 is 11.1. The van der Waals surface area contributed by atoms with Crippen molar-refractivity contribution in [1.82, 2.24) is 20.2 Å². The SMILES string of the molecule is CN(Cc1cc(N(C)C)nc(C2CCCN2)n1)C(=O)c1ccc2c(c1)OCCO2. The minimum absolute atomic E-state index is 0.0902. The Balaban J connectivity index is 1.54. The minimum Gasteiger partial charge on any atom is -0.486 e. The van der Waals surface area contributed by atoms with Crippen molar-refractivity contribution in [2.75, 3.05) is 45.8 Å². The molecule has 2 aromatic rings. The number of aromatic nitrogens is 2. The van der Waals surface area contributed by atoms with Crippen molar-refractivity contribution in [3.63, 3.8) is 0 Å². The van der Waals surface area contributed by atoms with Crippen molar-refractivity contribution in [3.8, 4) is 11.5 Å². The van der Waals surface area contributed by atoms with Crippen molar-refractivity contribution in [2.45, 2.75) is 25.4 Å². The van der Waals surface area contributed by atoms with Crippen molar-refractivity contribution >= 4 is 11.7 Å². The molecule has 1 aromatic heterocycles. The van der Waals surface area contributed by atoms with Gasteiger partial charge in [0.15, 0.2) is 11.5 Å². The molecule has 4 rings (SSSR count). The van der Waals surface area contributed by atoms with Gasteiger partial charge in [-0.25, -0.2) is 9.97 Å². The van der Waals surface area contributed by atoms with Crippen LogP contribution < -0.4 is 19.7 Å². The van der Waals surface area contributed by atoms with Crippen molar-refractivity contribution in [2.24, 2.45) is 0 Å². The van der Waals surface area contributed by atoms with E-state index >= 15 is 0 Å². The summed E-state index contributed by atoms with van der Waals surface area (Å²) in [6.45, 7) is 2.40. The lowest BCUT2D eigenvalue weighted by atomic mass is 10.1. The molecule has 2 aliphatic rings. The Kier molecular flexibility index (Phi) is 5.53. The molecule has 29 heavy (non-hydrogen) atoms. The molecule has 1 saturated heterocycles. The highest BCUT2D eigenvalue weighted by atomic mass is 16.6. The topological polar surface area (TPSA) is 79.8 Å². The predicted octanol–water partition coefficient (Wildman–Crippen LogP) is 2.01. The zero-order valence-electron chi connectivity index (χ0n) is 17.1. The van der Waals surface area contributed by atoms with Crippen molar-refractivity contribution in [3.05, 3.63) is 41.3 Å². The second-order valence-corrected chi connectivity index (χ2v) is 7.64. The van der Waals surface area contributed by atoms with Gasteiger partial charge < -0.3 is 24.6 Å². The standard InChI is InChI=1S/C21H27N5O3/c1-25(2)19-12-15(23-20(24-19)16-5-4-8-22-16)13-26(3)21(27)14-6-7-17-18(11-14)29-10-9-28-17/h6-7,11-12,16,22H,4-5,8-10,13H2,1-3H3. The highest BCUT2D eigenvalue weighted by Gasteiger charge is 2.22. The summed E-state index contributed by atoms with van der Waals surface area (Å²) in [5.74, 6) is 2.84. The van der Waals surface area contributed by atoms with Crippen LogP contribution in [-0.4, -0.2) is 61.7 Å². The van der Waals surface area contributed by atoms with E-state index in [9.17, 15) is 4.79 Å². The Labute approximate surface area is 170 Å². The normalized spacial score (nSPS) is 17.8. The second-order valence-electron chi connectivity index (χ2n) is 7.64. The molecule has 3 heterocycles. The lowest BCUT2D eigenvalue weighted by Gasteiger charge is -2.22. The largest absolute Gasteiger partial charge is 0.486 e. The zero-order chi connectivity index (χ0) is 20.4. The smallest absolute Gasteiger partial charge is 0.254 e. The van der Waals surface area contributed by atoms with E-state index in [-0.39, 0.29) is 11.9 Å². The summed E-state index contributed by atoms with van der Waals surface area (Å²) in [5, 5.41) is 3.45. The van der Waals surface area contributed by atoms with Crippen LogP contribution in [0, 0.1) is 0 Å². The number of hydrogen-bond acceptors (Lipinski definition) is 7. The van der Waals surface area contributed by atoms with E-state index in [1.807, 2.05) is 25.1 Å². The summed E-state index contributed by atoms with van der Waals surface area (Å²) in [5.41, 5.74) is 1.39. The van der Waals surface area contributed by atoms with Gasteiger partial charge in [-0.2, -0.15) is 0 Å². The second kappa shape index (κ2) is 8.24. The summed E-state index contributed by atoms with van der Waals surface area (Å²) in [6, 6.07) is 7.41. The minimum atomic E-state index is -0.0902. The Morgan fingerprint density at radius 3 is 2.66 bits per heavy atom. The molecule has 0 radical (unpaired) electrons. The van der Waals surface area contributed by atoms with Gasteiger partial charge in [0.05, 0.1) is 18.3 Å². The van der Waals surface area contributed by atoms with Crippen LogP contribution in [0.3, 0.4) is 0 Å². The average Bonchev–Trinajstić information content (AvgIpc) is 3.27. The molecule has 2 aliphatic heterocycles. The first-order valence-electron chi connectivity index (χ1n) is 9.95. The van der Waals surface area contributed by atoms with Gasteiger partial charge in [0, 0.05) is 32.8 Å². The number of carbonyl (C=O) groups excluding carboxylic acids is 1. The van der Waals surface area contributed by atoms with Gasteiger partial charge in [-0.1, -0.05) is 0 Å². The van der Waals surface area contributed by atoms with Gasteiger partial charge in [-0.05, 0) is 37.6 Å². The molecule has 1 aromatic carbocycles. The lowest BCUT2D eigenvalue weighted by molar-refractivity contribution is 0.0782. The highest BCUT2D eigenvalue weighted by molar-refractivity contribution is 5.94. The maximum atomic E-state index is 13.0. The molecular formula is C21H27N5O3. The average molecular weight is 397 g/mol. The molecule has 0 spiro atoms. The maximum Gasteiger partial charge on any atom is 0.254 e. The van der Waals surface area contributed by atoms with E-state index in [1.54, 1.807) is 30.1 Å². The third-order valence-electron chi connectivity index (χ3n) is 5.15. The molecule has 1 fully saturated rings. The number of hydrogen-bond donors (Lipinski definition) is 1. The number of anilines is 1. The van der Waals surface area contributed by atoms with Gasteiger partial charge in [-0.3, -0.25) is 4.79 Å². The molecule has 8 heteroatoms. The van der Waals surface area contributed by atoms with Crippen LogP contribution in [0.15, 0.2) is 24.3 Å². The van der Waals surface area contributed by atoms with E-state index < -0.39 is 0 Å². The Bertz CT molecular complexity index is 896. The molecule has 0 saturated carbocycles. The fourth-order valence-corrected chi connectivity index (χ4v) is 3.59. The van der Waals surface area contributed by atoms with Gasteiger partial charge >= 0.3 is 0 Å². The molecule has 1 amide bonds. The lowest BCUT2D eigenvalue weighted by Crippen LogP contribution is -2.28. The number of benzene rings is 1. The van der Waals surface area contributed by atoms with E-state index in [1.165, 1.54) is 0 Å². The predicted molar refractivity (Wildman–Crippen MR) is 110 cm³/mol. The molecule has 1 unspecified atom stereocenters. The van der Waals surface area contributed by atoms with Gasteiger partial charge in [0.25, 0.3) is 5.91 Å². The highest BCUT2D eigenvalue weighted by Crippen LogP contribution is 2.31. The third kappa shape index (κ3) is 4.27. The first-order valence-corrected chi connectivity index (χ1v) is 9.95. The molecule has 0 bridgehead atoms. The van der Waals surface area contributed by atoms with Gasteiger partial charge in [0.1, 0.15) is 24.9 Å². The number of nitrogens with zero attached hydrogens (tertiary/aromatic N) is 4. The first-order chi connectivity index (χ1) is 14.0. The molecule has 0 aliphatic carbocycles. The van der Waals surface area contributed by atoms with Crippen LogP contribution in [0.1, 0.15) is 40.8 Å². The van der Waals surface area contributed by atoms with Crippen LogP contribution in [0.4, 0.5) is 5.82 Å². The fourth-order valence-electron chi connectivity index (χ4n) is 3.59. The summed E-state index contributed by atoms with van der Waals surface area (Å²) in [7, 11) is 5.70. The maximum absolute atomic E-state index is 13.0.